The average Bonchev–Trinajstić information content (AvgIpc) is 3.05. The highest BCUT2D eigenvalue weighted by Crippen LogP contribution is 2.42. The quantitative estimate of drug-likeness (QED) is 0.746. The molecule has 1 amide bonds. The molecule has 2 rings (SSSR count). The molecule has 1 aromatic rings. The van der Waals surface area contributed by atoms with Gasteiger partial charge in [-0.2, -0.15) is 0 Å². The van der Waals surface area contributed by atoms with Crippen LogP contribution in [0.25, 0.3) is 0 Å². The Kier molecular flexibility index (Phi) is 6.05. The second-order valence-corrected chi connectivity index (χ2v) is 6.64. The van der Waals surface area contributed by atoms with Gasteiger partial charge >= 0.3 is 5.97 Å². The van der Waals surface area contributed by atoms with Gasteiger partial charge in [-0.05, 0) is 37.0 Å². The maximum Gasteiger partial charge on any atom is 0.305 e. The zero-order chi connectivity index (χ0) is 16.9. The van der Waals surface area contributed by atoms with Gasteiger partial charge in [-0.15, -0.1) is 0 Å². The first-order chi connectivity index (χ1) is 11.0. The van der Waals surface area contributed by atoms with Crippen molar-refractivity contribution in [1.29, 1.82) is 0 Å². The van der Waals surface area contributed by atoms with Crippen LogP contribution in [0.5, 0.6) is 0 Å². The number of nitrogens with zero attached hydrogens (tertiary/aromatic N) is 1. The van der Waals surface area contributed by atoms with Crippen molar-refractivity contribution < 1.29 is 14.3 Å². The van der Waals surface area contributed by atoms with Gasteiger partial charge in [0, 0.05) is 25.0 Å². The summed E-state index contributed by atoms with van der Waals surface area (Å²) in [5.74, 6) is -0.0960. The van der Waals surface area contributed by atoms with Crippen molar-refractivity contribution in [3.8, 4) is 0 Å². The fourth-order valence-electron chi connectivity index (χ4n) is 3.40. The zero-order valence-corrected chi connectivity index (χ0v) is 14.6. The van der Waals surface area contributed by atoms with E-state index in [9.17, 15) is 9.59 Å². The first-order valence-corrected chi connectivity index (χ1v) is 8.46. The number of ether oxygens (including phenoxy) is 1. The second kappa shape index (κ2) is 7.82. The van der Waals surface area contributed by atoms with E-state index in [4.69, 9.17) is 11.6 Å². The van der Waals surface area contributed by atoms with Crippen molar-refractivity contribution in [2.75, 3.05) is 20.7 Å². The standard InChI is InChI=1S/C18H24ClNO3/c1-20(13-5-6-16(21)23-2)17(22)18(11-3-4-12-18)14-7-9-15(19)10-8-14/h7-10H,3-6,11-13H2,1-2H3. The lowest BCUT2D eigenvalue weighted by Gasteiger charge is -2.33. The highest BCUT2D eigenvalue weighted by molar-refractivity contribution is 6.30. The normalized spacial score (nSPS) is 16.1. The topological polar surface area (TPSA) is 46.6 Å². The summed E-state index contributed by atoms with van der Waals surface area (Å²) in [5, 5.41) is 0.681. The number of carbonyl (C=O) groups is 2. The third-order valence-corrected chi connectivity index (χ3v) is 4.96. The first kappa shape index (κ1) is 17.8. The van der Waals surface area contributed by atoms with Gasteiger partial charge in [0.25, 0.3) is 0 Å². The number of rotatable bonds is 6. The molecule has 0 heterocycles. The molecule has 1 saturated carbocycles. The Labute approximate surface area is 142 Å². The van der Waals surface area contributed by atoms with Crippen LogP contribution in [0, 0.1) is 0 Å². The van der Waals surface area contributed by atoms with E-state index in [2.05, 4.69) is 4.74 Å². The van der Waals surface area contributed by atoms with Crippen molar-refractivity contribution in [3.05, 3.63) is 34.9 Å². The summed E-state index contributed by atoms with van der Waals surface area (Å²) in [6.45, 7) is 0.559. The van der Waals surface area contributed by atoms with Crippen LogP contribution >= 0.6 is 11.6 Å². The van der Waals surface area contributed by atoms with Gasteiger partial charge in [0.05, 0.1) is 12.5 Å². The maximum atomic E-state index is 13.1. The van der Waals surface area contributed by atoms with Crippen LogP contribution < -0.4 is 0 Å². The molecule has 0 atom stereocenters. The van der Waals surface area contributed by atoms with E-state index in [-0.39, 0.29) is 11.9 Å². The highest BCUT2D eigenvalue weighted by Gasteiger charge is 2.44. The maximum absolute atomic E-state index is 13.1. The molecule has 4 nitrogen and oxygen atoms in total. The lowest BCUT2D eigenvalue weighted by atomic mass is 9.77. The van der Waals surface area contributed by atoms with Crippen LogP contribution in [0.2, 0.25) is 5.02 Å². The molecule has 0 N–H and O–H groups in total. The molecule has 0 bridgehead atoms. The number of esters is 1. The Balaban J connectivity index is 2.09. The van der Waals surface area contributed by atoms with Crippen LogP contribution in [0.15, 0.2) is 24.3 Å². The third kappa shape index (κ3) is 4.05. The molecule has 1 fully saturated rings. The lowest BCUT2D eigenvalue weighted by molar-refractivity contribution is -0.142. The number of benzene rings is 1. The van der Waals surface area contributed by atoms with E-state index in [0.29, 0.717) is 24.4 Å². The van der Waals surface area contributed by atoms with Crippen molar-refractivity contribution >= 4 is 23.5 Å². The molecular weight excluding hydrogens is 314 g/mol. The van der Waals surface area contributed by atoms with Crippen LogP contribution in [0.4, 0.5) is 0 Å². The van der Waals surface area contributed by atoms with Crippen LogP contribution in [0.3, 0.4) is 0 Å². The monoisotopic (exact) mass is 337 g/mol. The number of hydrogen-bond acceptors (Lipinski definition) is 3. The number of amides is 1. The molecule has 0 spiro atoms. The SMILES string of the molecule is COC(=O)CCCN(C)C(=O)C1(c2ccc(Cl)cc2)CCCC1. The molecule has 1 aliphatic carbocycles. The minimum Gasteiger partial charge on any atom is -0.469 e. The summed E-state index contributed by atoms with van der Waals surface area (Å²) in [6, 6.07) is 7.63. The summed E-state index contributed by atoms with van der Waals surface area (Å²) in [5.41, 5.74) is 0.606. The van der Waals surface area contributed by atoms with Gasteiger partial charge in [-0.25, -0.2) is 0 Å². The summed E-state index contributed by atoms with van der Waals surface area (Å²) >= 11 is 5.98. The number of methoxy groups -OCH3 is 1. The van der Waals surface area contributed by atoms with E-state index in [0.717, 1.165) is 31.2 Å². The Morgan fingerprint density at radius 3 is 2.39 bits per heavy atom. The molecule has 0 aromatic heterocycles. The first-order valence-electron chi connectivity index (χ1n) is 8.08. The van der Waals surface area contributed by atoms with Gasteiger partial charge in [-0.3, -0.25) is 9.59 Å². The van der Waals surface area contributed by atoms with E-state index in [1.54, 1.807) is 4.90 Å². The van der Waals surface area contributed by atoms with Gasteiger partial charge < -0.3 is 9.64 Å². The van der Waals surface area contributed by atoms with Crippen LogP contribution in [-0.4, -0.2) is 37.5 Å². The number of hydrogen-bond donors (Lipinski definition) is 0. The van der Waals surface area contributed by atoms with E-state index >= 15 is 0 Å². The fourth-order valence-corrected chi connectivity index (χ4v) is 3.53. The van der Waals surface area contributed by atoms with Crippen molar-refractivity contribution in [3.63, 3.8) is 0 Å². The molecule has 5 heteroatoms. The number of carbonyl (C=O) groups excluding carboxylic acids is 2. The summed E-state index contributed by atoms with van der Waals surface area (Å²) in [6.07, 6.45) is 4.81. The van der Waals surface area contributed by atoms with E-state index < -0.39 is 5.41 Å². The Morgan fingerprint density at radius 1 is 1.22 bits per heavy atom. The summed E-state index contributed by atoms with van der Waals surface area (Å²) < 4.78 is 4.64. The fraction of sp³-hybridized carbons (Fsp3) is 0.556. The van der Waals surface area contributed by atoms with Crippen molar-refractivity contribution in [2.45, 2.75) is 43.9 Å². The van der Waals surface area contributed by atoms with Gasteiger partial charge in [0.1, 0.15) is 0 Å². The molecular formula is C18H24ClNO3. The molecule has 0 unspecified atom stereocenters. The average molecular weight is 338 g/mol. The molecule has 0 radical (unpaired) electrons. The largest absolute Gasteiger partial charge is 0.469 e. The minimum absolute atomic E-state index is 0.141. The minimum atomic E-state index is -0.440. The molecule has 1 aromatic carbocycles. The van der Waals surface area contributed by atoms with E-state index in [1.165, 1.54) is 7.11 Å². The van der Waals surface area contributed by atoms with E-state index in [1.807, 2.05) is 31.3 Å². The number of halogens is 1. The van der Waals surface area contributed by atoms with Gasteiger partial charge in [-0.1, -0.05) is 36.6 Å². The Morgan fingerprint density at radius 2 is 1.83 bits per heavy atom. The second-order valence-electron chi connectivity index (χ2n) is 6.20. The van der Waals surface area contributed by atoms with Gasteiger partial charge in [0.15, 0.2) is 0 Å². The van der Waals surface area contributed by atoms with Crippen LogP contribution in [-0.2, 0) is 19.7 Å². The molecule has 126 valence electrons. The van der Waals surface area contributed by atoms with Crippen LogP contribution in [0.1, 0.15) is 44.1 Å². The Bertz CT molecular complexity index is 550. The molecule has 23 heavy (non-hydrogen) atoms. The number of likely N-dealkylation sites (N-methyl/N-ethyl adjacent to an activating group) is 1. The van der Waals surface area contributed by atoms with Gasteiger partial charge in [0.2, 0.25) is 5.91 Å². The predicted molar refractivity (Wildman–Crippen MR) is 90.5 cm³/mol. The highest BCUT2D eigenvalue weighted by atomic mass is 35.5. The van der Waals surface area contributed by atoms with Crippen molar-refractivity contribution in [1.82, 2.24) is 4.90 Å². The molecule has 0 aliphatic heterocycles. The summed E-state index contributed by atoms with van der Waals surface area (Å²) in [4.78, 5) is 26.0. The van der Waals surface area contributed by atoms with Crippen molar-refractivity contribution in [2.24, 2.45) is 0 Å². The Hall–Kier alpha value is -1.55. The smallest absolute Gasteiger partial charge is 0.305 e. The predicted octanol–water partition coefficient (Wildman–Crippen LogP) is 3.56. The third-order valence-electron chi connectivity index (χ3n) is 4.71. The molecule has 1 aliphatic rings. The summed E-state index contributed by atoms with van der Waals surface area (Å²) in [7, 11) is 3.20. The lowest BCUT2D eigenvalue weighted by Crippen LogP contribution is -2.44. The molecule has 0 saturated heterocycles. The zero-order valence-electron chi connectivity index (χ0n) is 13.8.